The van der Waals surface area contributed by atoms with E-state index in [0.29, 0.717) is 18.4 Å². The normalized spacial score (nSPS) is 29.9. The van der Waals surface area contributed by atoms with Crippen molar-refractivity contribution in [2.75, 3.05) is 18.9 Å². The van der Waals surface area contributed by atoms with E-state index in [-0.39, 0.29) is 37.9 Å². The van der Waals surface area contributed by atoms with Gasteiger partial charge in [-0.3, -0.25) is 28.0 Å². The SMILES string of the molecule is Cc1cn([C@@H]2C[C@H](CO)[C@@H](OP(=O)(O)OC[C@H]3C[C@@H](n4ccc(N)nc4=O)C[C@@H]3O)C2)c(=O)[nH]c1=O. The van der Waals surface area contributed by atoms with Crippen LogP contribution in [0.4, 0.5) is 5.82 Å². The van der Waals surface area contributed by atoms with Gasteiger partial charge >= 0.3 is 19.2 Å². The first-order valence-corrected chi connectivity index (χ1v) is 13.1. The second kappa shape index (κ2) is 10.4. The molecule has 0 amide bonds. The van der Waals surface area contributed by atoms with Gasteiger partial charge in [0.05, 0.1) is 18.8 Å². The number of hydrogen-bond acceptors (Lipinski definition) is 10. The largest absolute Gasteiger partial charge is 0.472 e. The molecule has 0 saturated heterocycles. The molecule has 0 aliphatic heterocycles. The summed E-state index contributed by atoms with van der Waals surface area (Å²) in [5.74, 6) is -0.982. The number of H-pyrrole nitrogens is 1. The van der Waals surface area contributed by atoms with Crippen LogP contribution in [0.25, 0.3) is 0 Å². The first kappa shape index (κ1) is 26.5. The molecule has 14 nitrogen and oxygen atoms in total. The van der Waals surface area contributed by atoms with Gasteiger partial charge in [0.25, 0.3) is 5.56 Å². The monoisotopic (exact) mass is 527 g/mol. The van der Waals surface area contributed by atoms with Gasteiger partial charge in [-0.1, -0.05) is 0 Å². The molecule has 2 aliphatic rings. The lowest BCUT2D eigenvalue weighted by atomic mass is 10.1. The van der Waals surface area contributed by atoms with Gasteiger partial charge in [0.15, 0.2) is 0 Å². The summed E-state index contributed by atoms with van der Waals surface area (Å²) in [5, 5.41) is 20.2. The lowest BCUT2D eigenvalue weighted by Gasteiger charge is -2.22. The van der Waals surface area contributed by atoms with Crippen molar-refractivity contribution < 1.29 is 28.7 Å². The number of rotatable bonds is 8. The molecular weight excluding hydrogens is 497 g/mol. The first-order chi connectivity index (χ1) is 17.0. The summed E-state index contributed by atoms with van der Waals surface area (Å²) in [6.45, 7) is 0.923. The Bertz CT molecular complexity index is 1320. The minimum absolute atomic E-state index is 0.0870. The van der Waals surface area contributed by atoms with E-state index in [1.807, 2.05) is 0 Å². The van der Waals surface area contributed by atoms with Crippen LogP contribution in [-0.4, -0.2) is 59.6 Å². The zero-order chi connectivity index (χ0) is 26.2. The third-order valence-corrected chi connectivity index (χ3v) is 7.99. The summed E-state index contributed by atoms with van der Waals surface area (Å²) >= 11 is 0. The molecule has 0 aromatic carbocycles. The number of hydrogen-bond donors (Lipinski definition) is 5. The average molecular weight is 527 g/mol. The smallest absolute Gasteiger partial charge is 0.396 e. The zero-order valence-corrected chi connectivity index (χ0v) is 20.5. The number of aromatic nitrogens is 4. The molecule has 2 fully saturated rings. The first-order valence-electron chi connectivity index (χ1n) is 11.6. The Labute approximate surface area is 205 Å². The third kappa shape index (κ3) is 5.69. The van der Waals surface area contributed by atoms with Gasteiger partial charge in [-0.25, -0.2) is 14.2 Å². The lowest BCUT2D eigenvalue weighted by Crippen LogP contribution is -2.32. The topological polar surface area (TPSA) is 212 Å². The predicted molar refractivity (Wildman–Crippen MR) is 126 cm³/mol. The quantitative estimate of drug-likeness (QED) is 0.275. The number of nitrogens with one attached hydrogen (secondary N) is 1. The number of nitrogen functional groups attached to an aromatic ring is 1. The number of nitrogens with zero attached hydrogens (tertiary/aromatic N) is 3. The van der Waals surface area contributed by atoms with Gasteiger partial charge in [-0.2, -0.15) is 4.98 Å². The van der Waals surface area contributed by atoms with E-state index in [1.54, 1.807) is 6.92 Å². The van der Waals surface area contributed by atoms with E-state index >= 15 is 0 Å². The third-order valence-electron chi connectivity index (χ3n) is 6.98. The van der Waals surface area contributed by atoms with Crippen LogP contribution in [0.15, 0.2) is 32.8 Å². The molecule has 1 unspecified atom stereocenters. The van der Waals surface area contributed by atoms with Crippen LogP contribution >= 0.6 is 7.82 Å². The standard InChI is InChI=1S/C21H30N5O9P/c1-11-8-26(21(31)24-19(11)29)15-4-12(9-27)17(7-15)35-36(32,33)34-10-13-5-14(6-16(13)28)25-3-2-18(22)23-20(25)30/h2-3,8,12-17,27-28H,4-7,9-10H2,1H3,(H,32,33)(H2,22,23,30)(H,24,29,31)/t12-,13-,14-,15-,16+,17+/m1/s1. The van der Waals surface area contributed by atoms with E-state index in [1.165, 1.54) is 27.6 Å². The van der Waals surface area contributed by atoms with Crippen LogP contribution in [0.2, 0.25) is 0 Å². The van der Waals surface area contributed by atoms with E-state index in [4.69, 9.17) is 14.8 Å². The van der Waals surface area contributed by atoms with Crippen LogP contribution in [0.5, 0.6) is 0 Å². The Morgan fingerprint density at radius 3 is 2.56 bits per heavy atom. The highest BCUT2D eigenvalue weighted by molar-refractivity contribution is 7.47. The van der Waals surface area contributed by atoms with Crippen LogP contribution < -0.4 is 22.7 Å². The van der Waals surface area contributed by atoms with Crippen LogP contribution in [0.3, 0.4) is 0 Å². The Hall–Kier alpha value is -2.61. The number of aromatic amines is 1. The summed E-state index contributed by atoms with van der Waals surface area (Å²) < 4.78 is 25.9. The second-order valence-corrected chi connectivity index (χ2v) is 10.9. The van der Waals surface area contributed by atoms with Gasteiger partial charge in [0.1, 0.15) is 5.82 Å². The van der Waals surface area contributed by atoms with Gasteiger partial charge < -0.3 is 20.8 Å². The van der Waals surface area contributed by atoms with E-state index < -0.39 is 54.8 Å². The van der Waals surface area contributed by atoms with Gasteiger partial charge in [-0.15, -0.1) is 0 Å². The summed E-state index contributed by atoms with van der Waals surface area (Å²) in [7, 11) is -4.59. The van der Waals surface area contributed by atoms with Crippen molar-refractivity contribution >= 4 is 13.6 Å². The molecule has 2 aromatic heterocycles. The van der Waals surface area contributed by atoms with Crippen LogP contribution in [0, 0.1) is 18.8 Å². The summed E-state index contributed by atoms with van der Waals surface area (Å²) in [6, 6.07) is 0.642. The Kier molecular flexibility index (Phi) is 7.64. The fraction of sp³-hybridized carbons (Fsp3) is 0.619. The number of phosphoric ester groups is 1. The van der Waals surface area contributed by atoms with Crippen molar-refractivity contribution in [3.63, 3.8) is 0 Å². The maximum atomic E-state index is 12.7. The zero-order valence-electron chi connectivity index (χ0n) is 19.6. The molecule has 36 heavy (non-hydrogen) atoms. The highest BCUT2D eigenvalue weighted by Gasteiger charge is 2.42. The van der Waals surface area contributed by atoms with E-state index in [0.717, 1.165) is 0 Å². The molecule has 198 valence electrons. The molecular formula is C21H30N5O9P. The van der Waals surface area contributed by atoms with Crippen molar-refractivity contribution in [1.82, 2.24) is 19.1 Å². The molecule has 2 aliphatic carbocycles. The lowest BCUT2D eigenvalue weighted by molar-refractivity contribution is 0.0428. The fourth-order valence-electron chi connectivity index (χ4n) is 5.04. The van der Waals surface area contributed by atoms with Gasteiger partial charge in [0, 0.05) is 48.5 Å². The fourth-order valence-corrected chi connectivity index (χ4v) is 6.08. The Morgan fingerprint density at radius 2 is 1.86 bits per heavy atom. The van der Waals surface area contributed by atoms with Crippen molar-refractivity contribution in [3.05, 3.63) is 55.3 Å². The van der Waals surface area contributed by atoms with Gasteiger partial charge in [0.2, 0.25) is 0 Å². The Balaban J connectivity index is 1.38. The number of aliphatic hydroxyl groups excluding tert-OH is 2. The maximum Gasteiger partial charge on any atom is 0.472 e. The predicted octanol–water partition coefficient (Wildman–Crippen LogP) is -0.558. The van der Waals surface area contributed by atoms with Crippen molar-refractivity contribution in [2.24, 2.45) is 11.8 Å². The summed E-state index contributed by atoms with van der Waals surface area (Å²) in [5.41, 5.74) is 4.19. The highest BCUT2D eigenvalue weighted by atomic mass is 31.2. The van der Waals surface area contributed by atoms with Crippen molar-refractivity contribution in [2.45, 2.75) is 56.9 Å². The summed E-state index contributed by atoms with van der Waals surface area (Å²) in [4.78, 5) is 52.2. The molecule has 2 aromatic rings. The molecule has 2 saturated carbocycles. The van der Waals surface area contributed by atoms with Crippen molar-refractivity contribution in [1.29, 1.82) is 0 Å². The van der Waals surface area contributed by atoms with E-state index in [2.05, 4.69) is 9.97 Å². The van der Waals surface area contributed by atoms with Crippen LogP contribution in [0.1, 0.15) is 43.3 Å². The van der Waals surface area contributed by atoms with Crippen molar-refractivity contribution in [3.8, 4) is 0 Å². The minimum atomic E-state index is -4.59. The maximum absolute atomic E-state index is 12.7. The minimum Gasteiger partial charge on any atom is -0.396 e. The molecule has 7 atom stereocenters. The van der Waals surface area contributed by atoms with Crippen LogP contribution in [-0.2, 0) is 13.6 Å². The number of aliphatic hydroxyl groups is 2. The molecule has 2 heterocycles. The molecule has 15 heteroatoms. The molecule has 0 radical (unpaired) electrons. The second-order valence-electron chi connectivity index (χ2n) is 9.45. The molecule has 4 rings (SSSR count). The summed E-state index contributed by atoms with van der Waals surface area (Å²) in [6.07, 6.45) is 2.13. The average Bonchev–Trinajstić information content (AvgIpc) is 3.37. The Morgan fingerprint density at radius 1 is 1.17 bits per heavy atom. The number of aryl methyl sites for hydroxylation is 1. The van der Waals surface area contributed by atoms with Gasteiger partial charge in [-0.05, 0) is 38.7 Å². The number of phosphoric acid groups is 1. The number of nitrogens with two attached hydrogens (primary N) is 1. The van der Waals surface area contributed by atoms with E-state index in [9.17, 15) is 34.1 Å². The molecule has 0 spiro atoms. The molecule has 6 N–H and O–H groups in total. The number of anilines is 1. The highest BCUT2D eigenvalue weighted by Crippen LogP contribution is 2.51. The molecule has 0 bridgehead atoms.